The van der Waals surface area contributed by atoms with Crippen LogP contribution >= 0.6 is 0 Å². The molecule has 0 saturated carbocycles. The third-order valence-corrected chi connectivity index (χ3v) is 3.28. The van der Waals surface area contributed by atoms with Crippen molar-refractivity contribution in [3.05, 3.63) is 28.6 Å². The Balaban J connectivity index is 3.15. The second-order valence-electron chi connectivity index (χ2n) is 4.90. The number of aromatic nitrogens is 1. The number of hydrogen-bond acceptors (Lipinski definition) is 5. The van der Waals surface area contributed by atoms with Crippen molar-refractivity contribution in [1.29, 1.82) is 10.5 Å². The van der Waals surface area contributed by atoms with Crippen LogP contribution in [0.15, 0.2) is 11.6 Å². The molecule has 0 aromatic carbocycles. The number of aryl methyl sites for hydroxylation is 1. The summed E-state index contributed by atoms with van der Waals surface area (Å²) in [6.45, 7) is 6.09. The Labute approximate surface area is 130 Å². The molecule has 0 spiro atoms. The van der Waals surface area contributed by atoms with Gasteiger partial charge in [-0.1, -0.05) is 0 Å². The minimum atomic E-state index is -0.793. The summed E-state index contributed by atoms with van der Waals surface area (Å²) >= 11 is 0. The molecule has 1 heterocycles. The van der Waals surface area contributed by atoms with Crippen molar-refractivity contribution in [2.75, 3.05) is 20.3 Å². The zero-order chi connectivity index (χ0) is 16.7. The first-order valence-corrected chi connectivity index (χ1v) is 6.79. The average Bonchev–Trinajstić information content (AvgIpc) is 2.76. The molecule has 1 aromatic rings. The molecule has 1 aromatic heterocycles. The van der Waals surface area contributed by atoms with E-state index in [0.717, 1.165) is 17.0 Å². The van der Waals surface area contributed by atoms with E-state index in [0.29, 0.717) is 6.61 Å². The van der Waals surface area contributed by atoms with Gasteiger partial charge in [0, 0.05) is 18.5 Å². The van der Waals surface area contributed by atoms with Crippen LogP contribution in [0.4, 0.5) is 0 Å². The molecule has 1 atom stereocenters. The topological polar surface area (TPSA) is 88.0 Å². The van der Waals surface area contributed by atoms with E-state index >= 15 is 0 Å². The maximum absolute atomic E-state index is 11.7. The largest absolute Gasteiger partial charge is 0.446 e. The van der Waals surface area contributed by atoms with Crippen LogP contribution in [0.25, 0.3) is 6.08 Å². The quantitative estimate of drug-likeness (QED) is 0.457. The van der Waals surface area contributed by atoms with Crippen molar-refractivity contribution < 1.29 is 14.3 Å². The molecular formula is C16H19N3O3. The van der Waals surface area contributed by atoms with Crippen LogP contribution in [0.5, 0.6) is 0 Å². The van der Waals surface area contributed by atoms with E-state index in [4.69, 9.17) is 15.3 Å². The fourth-order valence-electron chi connectivity index (χ4n) is 2.41. The Morgan fingerprint density at radius 1 is 1.45 bits per heavy atom. The number of nitrogens with zero attached hydrogens (tertiary/aromatic N) is 3. The summed E-state index contributed by atoms with van der Waals surface area (Å²) < 4.78 is 11.9. The van der Waals surface area contributed by atoms with E-state index in [1.165, 1.54) is 6.08 Å². The van der Waals surface area contributed by atoms with Crippen LogP contribution in [-0.4, -0.2) is 30.9 Å². The monoisotopic (exact) mass is 301 g/mol. The molecule has 0 N–H and O–H groups in total. The van der Waals surface area contributed by atoms with E-state index in [2.05, 4.69) is 9.30 Å². The summed E-state index contributed by atoms with van der Waals surface area (Å²) in [5.74, 6) is -0.793. The lowest BCUT2D eigenvalue weighted by molar-refractivity contribution is -0.137. The van der Waals surface area contributed by atoms with Gasteiger partial charge in [-0.25, -0.2) is 4.79 Å². The molecule has 0 unspecified atom stereocenters. The van der Waals surface area contributed by atoms with Crippen molar-refractivity contribution in [2.24, 2.45) is 0 Å². The van der Waals surface area contributed by atoms with Gasteiger partial charge < -0.3 is 14.0 Å². The fraction of sp³-hybridized carbons (Fsp3) is 0.438. The minimum Gasteiger partial charge on any atom is -0.446 e. The van der Waals surface area contributed by atoms with E-state index in [1.807, 2.05) is 32.9 Å². The first-order valence-electron chi connectivity index (χ1n) is 6.79. The van der Waals surface area contributed by atoms with Gasteiger partial charge in [-0.3, -0.25) is 0 Å². The highest BCUT2D eigenvalue weighted by atomic mass is 16.5. The van der Waals surface area contributed by atoms with E-state index < -0.39 is 5.97 Å². The van der Waals surface area contributed by atoms with Crippen molar-refractivity contribution in [2.45, 2.75) is 26.8 Å². The number of esters is 1. The molecule has 0 saturated heterocycles. The molecule has 0 bridgehead atoms. The number of ether oxygens (including phenoxy) is 2. The normalized spacial score (nSPS) is 12.4. The van der Waals surface area contributed by atoms with Gasteiger partial charge in [0.1, 0.15) is 17.7 Å². The highest BCUT2D eigenvalue weighted by Gasteiger charge is 2.16. The van der Waals surface area contributed by atoms with Gasteiger partial charge in [0.25, 0.3) is 0 Å². The summed E-state index contributed by atoms with van der Waals surface area (Å²) in [5.41, 5.74) is 2.58. The van der Waals surface area contributed by atoms with Crippen LogP contribution in [0.1, 0.15) is 29.9 Å². The Hall–Kier alpha value is -2.57. The lowest BCUT2D eigenvalue weighted by Crippen LogP contribution is -2.13. The SMILES string of the molecule is COC[C@@H](C)n1c(C)cc(/C=C(\C#N)C(=O)OCC#N)c1C. The molecule has 0 radical (unpaired) electrons. The second-order valence-corrected chi connectivity index (χ2v) is 4.90. The predicted molar refractivity (Wildman–Crippen MR) is 80.7 cm³/mol. The molecule has 116 valence electrons. The van der Waals surface area contributed by atoms with Gasteiger partial charge in [-0.2, -0.15) is 10.5 Å². The molecule has 6 nitrogen and oxygen atoms in total. The predicted octanol–water partition coefficient (Wildman–Crippen LogP) is 2.29. The molecule has 22 heavy (non-hydrogen) atoms. The molecule has 0 fully saturated rings. The average molecular weight is 301 g/mol. The Bertz CT molecular complexity index is 659. The lowest BCUT2D eigenvalue weighted by atomic mass is 10.1. The highest BCUT2D eigenvalue weighted by Crippen LogP contribution is 2.23. The molecule has 6 heteroatoms. The third-order valence-electron chi connectivity index (χ3n) is 3.28. The third kappa shape index (κ3) is 3.97. The fourth-order valence-corrected chi connectivity index (χ4v) is 2.41. The van der Waals surface area contributed by atoms with Crippen LogP contribution in [0, 0.1) is 36.5 Å². The maximum Gasteiger partial charge on any atom is 0.349 e. The van der Waals surface area contributed by atoms with Crippen molar-refractivity contribution >= 4 is 12.0 Å². The number of methoxy groups -OCH3 is 1. The van der Waals surface area contributed by atoms with Gasteiger partial charge in [-0.15, -0.1) is 0 Å². The Morgan fingerprint density at radius 2 is 2.14 bits per heavy atom. The minimum absolute atomic E-state index is 0.130. The van der Waals surface area contributed by atoms with Gasteiger partial charge in [0.05, 0.1) is 12.6 Å². The molecule has 0 aliphatic rings. The number of carbonyl (C=O) groups is 1. The summed E-state index contributed by atoms with van der Waals surface area (Å²) in [6.07, 6.45) is 1.48. The van der Waals surface area contributed by atoms with Gasteiger partial charge in [-0.05, 0) is 38.5 Å². The number of hydrogen-bond donors (Lipinski definition) is 0. The molecule has 0 aliphatic carbocycles. The lowest BCUT2D eigenvalue weighted by Gasteiger charge is -2.17. The van der Waals surface area contributed by atoms with Crippen molar-refractivity contribution in [3.8, 4) is 12.1 Å². The summed E-state index contributed by atoms with van der Waals surface area (Å²) in [6, 6.07) is 5.55. The number of rotatable bonds is 6. The van der Waals surface area contributed by atoms with Gasteiger partial charge in [0.2, 0.25) is 0 Å². The van der Waals surface area contributed by atoms with Crippen LogP contribution in [-0.2, 0) is 14.3 Å². The molecule has 0 amide bonds. The first kappa shape index (κ1) is 17.5. The zero-order valence-electron chi connectivity index (χ0n) is 13.2. The molecular weight excluding hydrogens is 282 g/mol. The smallest absolute Gasteiger partial charge is 0.349 e. The Kier molecular flexibility index (Phi) is 6.37. The van der Waals surface area contributed by atoms with Crippen molar-refractivity contribution in [3.63, 3.8) is 0 Å². The Morgan fingerprint density at radius 3 is 2.68 bits per heavy atom. The standard InChI is InChI=1S/C16H19N3O3/c1-11-7-14(13(3)19(11)12(2)10-21-4)8-15(9-18)16(20)22-6-5-17/h7-8,12H,6,10H2,1-4H3/b15-8+/t12-/m1/s1. The maximum atomic E-state index is 11.7. The number of carbonyl (C=O) groups excluding carboxylic acids is 1. The van der Waals surface area contributed by atoms with Crippen LogP contribution < -0.4 is 0 Å². The second kappa shape index (κ2) is 8.02. The van der Waals surface area contributed by atoms with E-state index in [-0.39, 0.29) is 18.2 Å². The van der Waals surface area contributed by atoms with Crippen LogP contribution in [0.3, 0.4) is 0 Å². The summed E-state index contributed by atoms with van der Waals surface area (Å²) in [4.78, 5) is 11.7. The highest BCUT2D eigenvalue weighted by molar-refractivity contribution is 5.98. The zero-order valence-corrected chi connectivity index (χ0v) is 13.2. The van der Waals surface area contributed by atoms with Gasteiger partial charge in [0.15, 0.2) is 6.61 Å². The number of nitriles is 2. The van der Waals surface area contributed by atoms with Crippen LogP contribution in [0.2, 0.25) is 0 Å². The first-order chi connectivity index (χ1) is 10.5. The molecule has 1 rings (SSSR count). The van der Waals surface area contributed by atoms with Gasteiger partial charge >= 0.3 is 5.97 Å². The van der Waals surface area contributed by atoms with E-state index in [1.54, 1.807) is 13.2 Å². The summed E-state index contributed by atoms with van der Waals surface area (Å²) in [7, 11) is 1.64. The molecule has 0 aliphatic heterocycles. The van der Waals surface area contributed by atoms with Crippen molar-refractivity contribution in [1.82, 2.24) is 4.57 Å². The summed E-state index contributed by atoms with van der Waals surface area (Å²) in [5, 5.41) is 17.5. The van der Waals surface area contributed by atoms with E-state index in [9.17, 15) is 4.79 Å².